The normalized spacial score (nSPS) is 15.5. The van der Waals surface area contributed by atoms with Gasteiger partial charge in [0.25, 0.3) is 0 Å². The number of aryl methyl sites for hydroxylation is 1. The lowest BCUT2D eigenvalue weighted by molar-refractivity contribution is 0.390. The van der Waals surface area contributed by atoms with Crippen LogP contribution in [0.5, 0.6) is 0 Å². The maximum Gasteiger partial charge on any atom is 0.250 e. The minimum Gasteiger partial charge on any atom is -0.361 e. The van der Waals surface area contributed by atoms with Crippen LogP contribution in [0.3, 0.4) is 0 Å². The van der Waals surface area contributed by atoms with E-state index < -0.39 is 10.0 Å². The number of hydrogen-bond acceptors (Lipinski definition) is 6. The molecule has 0 radical (unpaired) electrons. The van der Waals surface area contributed by atoms with Gasteiger partial charge >= 0.3 is 0 Å². The van der Waals surface area contributed by atoms with Crippen LogP contribution in [0, 0.1) is 6.92 Å². The third-order valence-electron chi connectivity index (χ3n) is 3.19. The monoisotopic (exact) mass is 327 g/mol. The van der Waals surface area contributed by atoms with E-state index in [-0.39, 0.29) is 6.54 Å². The van der Waals surface area contributed by atoms with Crippen molar-refractivity contribution in [2.45, 2.75) is 43.1 Å². The summed E-state index contributed by atoms with van der Waals surface area (Å²) in [6.07, 6.45) is 2.43. The maximum absolute atomic E-state index is 12.2. The highest BCUT2D eigenvalue weighted by atomic mass is 32.2. The van der Waals surface area contributed by atoms with Crippen LogP contribution in [0.1, 0.15) is 29.9 Å². The molecule has 0 saturated heterocycles. The number of thiophene rings is 1. The van der Waals surface area contributed by atoms with Gasteiger partial charge in [-0.1, -0.05) is 5.16 Å². The summed E-state index contributed by atoms with van der Waals surface area (Å²) in [5.74, 6) is 0.661. The summed E-state index contributed by atoms with van der Waals surface area (Å²) in [5.41, 5.74) is 1.58. The Morgan fingerprint density at radius 1 is 1.38 bits per heavy atom. The largest absolute Gasteiger partial charge is 0.361 e. The first-order chi connectivity index (χ1) is 10.0. The molecule has 0 aliphatic heterocycles. The Hall–Kier alpha value is -1.22. The van der Waals surface area contributed by atoms with Gasteiger partial charge in [0.05, 0.1) is 12.2 Å². The fraction of sp³-hybridized carbons (Fsp3) is 0.462. The molecule has 2 heterocycles. The Labute approximate surface area is 127 Å². The Balaban J connectivity index is 1.60. The molecule has 0 aromatic carbocycles. The molecule has 21 heavy (non-hydrogen) atoms. The van der Waals surface area contributed by atoms with E-state index >= 15 is 0 Å². The van der Waals surface area contributed by atoms with Gasteiger partial charge in [-0.3, -0.25) is 0 Å². The maximum atomic E-state index is 12.2. The second-order valence-corrected chi connectivity index (χ2v) is 8.09. The summed E-state index contributed by atoms with van der Waals surface area (Å²) in [6.45, 7) is 2.62. The highest BCUT2D eigenvalue weighted by Crippen LogP contribution is 2.23. The number of nitrogens with one attached hydrogen (secondary N) is 2. The van der Waals surface area contributed by atoms with Crippen molar-refractivity contribution in [2.75, 3.05) is 0 Å². The molecule has 114 valence electrons. The molecule has 2 N–H and O–H groups in total. The second-order valence-electron chi connectivity index (χ2n) is 5.18. The van der Waals surface area contributed by atoms with Gasteiger partial charge in [0.15, 0.2) is 0 Å². The van der Waals surface area contributed by atoms with E-state index in [1.807, 2.05) is 5.38 Å². The Morgan fingerprint density at radius 2 is 2.19 bits per heavy atom. The van der Waals surface area contributed by atoms with Gasteiger partial charge in [0, 0.05) is 18.7 Å². The first kappa shape index (κ1) is 14.7. The van der Waals surface area contributed by atoms with Gasteiger partial charge in [-0.2, -0.15) is 0 Å². The smallest absolute Gasteiger partial charge is 0.250 e. The first-order valence-electron chi connectivity index (χ1n) is 6.75. The zero-order valence-electron chi connectivity index (χ0n) is 11.6. The molecule has 1 aliphatic carbocycles. The molecule has 2 aromatic rings. The lowest BCUT2D eigenvalue weighted by atomic mass is 10.3. The first-order valence-corrected chi connectivity index (χ1v) is 9.12. The second kappa shape index (κ2) is 5.88. The highest BCUT2D eigenvalue weighted by Gasteiger charge is 2.21. The van der Waals surface area contributed by atoms with E-state index in [4.69, 9.17) is 4.52 Å². The van der Waals surface area contributed by atoms with Gasteiger partial charge in [-0.25, -0.2) is 13.1 Å². The molecule has 6 nitrogen and oxygen atoms in total. The van der Waals surface area contributed by atoms with E-state index in [0.29, 0.717) is 21.7 Å². The number of rotatable bonds is 7. The third kappa shape index (κ3) is 3.91. The molecule has 2 aromatic heterocycles. The van der Waals surface area contributed by atoms with E-state index in [1.165, 1.54) is 24.2 Å². The zero-order valence-corrected chi connectivity index (χ0v) is 13.3. The molecule has 1 aliphatic rings. The van der Waals surface area contributed by atoms with Crippen molar-refractivity contribution in [3.05, 3.63) is 34.5 Å². The SMILES string of the molecule is Cc1cc(CNS(=O)(=O)c2cc(CNC3CC3)cs2)no1. The molecular weight excluding hydrogens is 310 g/mol. The van der Waals surface area contributed by atoms with Crippen molar-refractivity contribution in [2.24, 2.45) is 0 Å². The minimum absolute atomic E-state index is 0.132. The molecule has 0 bridgehead atoms. The Morgan fingerprint density at radius 3 is 2.86 bits per heavy atom. The van der Waals surface area contributed by atoms with E-state index in [0.717, 1.165) is 12.1 Å². The highest BCUT2D eigenvalue weighted by molar-refractivity contribution is 7.91. The van der Waals surface area contributed by atoms with E-state index in [9.17, 15) is 8.42 Å². The summed E-state index contributed by atoms with van der Waals surface area (Å²) in [6, 6.07) is 4.04. The van der Waals surface area contributed by atoms with Crippen LogP contribution < -0.4 is 10.0 Å². The van der Waals surface area contributed by atoms with Crippen molar-refractivity contribution >= 4 is 21.4 Å². The molecule has 1 saturated carbocycles. The van der Waals surface area contributed by atoms with E-state index in [1.54, 1.807) is 19.1 Å². The van der Waals surface area contributed by atoms with Gasteiger partial charge in [0.1, 0.15) is 9.97 Å². The average Bonchev–Trinajstić information content (AvgIpc) is 2.97. The predicted molar refractivity (Wildman–Crippen MR) is 79.4 cm³/mol. The van der Waals surface area contributed by atoms with Gasteiger partial charge in [-0.15, -0.1) is 11.3 Å². The van der Waals surface area contributed by atoms with Crippen LogP contribution in [0.25, 0.3) is 0 Å². The van der Waals surface area contributed by atoms with Crippen LogP contribution in [0.15, 0.2) is 26.2 Å². The molecule has 1 fully saturated rings. The standard InChI is InChI=1S/C13H17N3O3S2/c1-9-4-12(16-19-9)7-15-21(17,18)13-5-10(8-20-13)6-14-11-2-3-11/h4-5,8,11,14-15H,2-3,6-7H2,1H3. The lowest BCUT2D eigenvalue weighted by Gasteiger charge is -2.02. The van der Waals surface area contributed by atoms with Gasteiger partial charge in [0.2, 0.25) is 10.0 Å². The molecule has 0 spiro atoms. The fourth-order valence-corrected chi connectivity index (χ4v) is 4.13. The van der Waals surface area contributed by atoms with Crippen molar-refractivity contribution in [3.8, 4) is 0 Å². The molecule has 3 rings (SSSR count). The van der Waals surface area contributed by atoms with Gasteiger partial charge < -0.3 is 9.84 Å². The Kier molecular flexibility index (Phi) is 4.12. The summed E-state index contributed by atoms with van der Waals surface area (Å²) >= 11 is 1.23. The van der Waals surface area contributed by atoms with Crippen LogP contribution in [-0.4, -0.2) is 19.6 Å². The summed E-state index contributed by atoms with van der Waals surface area (Å²) in [5, 5.41) is 9.01. The van der Waals surface area contributed by atoms with Crippen molar-refractivity contribution in [3.63, 3.8) is 0 Å². The number of aromatic nitrogens is 1. The summed E-state index contributed by atoms with van der Waals surface area (Å²) in [7, 11) is -3.49. The van der Waals surface area contributed by atoms with Crippen LogP contribution in [0.4, 0.5) is 0 Å². The fourth-order valence-electron chi connectivity index (χ4n) is 1.88. The van der Waals surface area contributed by atoms with Crippen molar-refractivity contribution in [1.29, 1.82) is 0 Å². The van der Waals surface area contributed by atoms with Crippen LogP contribution >= 0.6 is 11.3 Å². The predicted octanol–water partition coefficient (Wildman–Crippen LogP) is 1.78. The number of hydrogen-bond donors (Lipinski definition) is 2. The summed E-state index contributed by atoms with van der Waals surface area (Å²) in [4.78, 5) is 0. The van der Waals surface area contributed by atoms with Crippen LogP contribution in [-0.2, 0) is 23.1 Å². The topological polar surface area (TPSA) is 84.2 Å². The number of nitrogens with zero attached hydrogens (tertiary/aromatic N) is 1. The van der Waals surface area contributed by atoms with Crippen molar-refractivity contribution < 1.29 is 12.9 Å². The minimum atomic E-state index is -3.49. The molecule has 0 unspecified atom stereocenters. The molecule has 8 heteroatoms. The molecular formula is C13H17N3O3S2. The van der Waals surface area contributed by atoms with Crippen LogP contribution in [0.2, 0.25) is 0 Å². The van der Waals surface area contributed by atoms with Gasteiger partial charge in [-0.05, 0) is 36.8 Å². The zero-order chi connectivity index (χ0) is 14.9. The van der Waals surface area contributed by atoms with Crippen molar-refractivity contribution in [1.82, 2.24) is 15.2 Å². The third-order valence-corrected chi connectivity index (χ3v) is 6.08. The van der Waals surface area contributed by atoms with E-state index in [2.05, 4.69) is 15.2 Å². The quantitative estimate of drug-likeness (QED) is 0.810. The Bertz CT molecular complexity index is 717. The molecule has 0 amide bonds. The number of sulfonamides is 1. The lowest BCUT2D eigenvalue weighted by Crippen LogP contribution is -2.22. The summed E-state index contributed by atoms with van der Waals surface area (Å²) < 4.78 is 32.2. The molecule has 0 atom stereocenters. The average molecular weight is 327 g/mol.